The van der Waals surface area contributed by atoms with Crippen LogP contribution in [0, 0.1) is 0 Å². The van der Waals surface area contributed by atoms with E-state index >= 15 is 0 Å². The van der Waals surface area contributed by atoms with Gasteiger partial charge in [-0.05, 0) is 97.1 Å². The molecule has 274 valence electrons. The molecule has 1 spiro atoms. The highest BCUT2D eigenvalue weighted by molar-refractivity contribution is 7.19. The maximum Gasteiger partial charge on any atom is 0.0740 e. The van der Waals surface area contributed by atoms with E-state index in [-0.39, 0.29) is 5.41 Å². The SMILES string of the molecule is CC1(C)c2ccccc2-c2ccc(N(c3ccccc3)c3cccc4c3-c3c(-c5ccccc5)sc(-c5ccccc5)c3C43c4ccccc4-c4ccccc43)cc21. The van der Waals surface area contributed by atoms with Crippen LogP contribution < -0.4 is 4.90 Å². The summed E-state index contributed by atoms with van der Waals surface area (Å²) in [6, 6.07) is 74.7. The van der Waals surface area contributed by atoms with Gasteiger partial charge < -0.3 is 4.90 Å². The van der Waals surface area contributed by atoms with Crippen LogP contribution in [0.25, 0.3) is 54.3 Å². The van der Waals surface area contributed by atoms with Gasteiger partial charge in [0.05, 0.1) is 11.1 Å². The molecule has 0 unspecified atom stereocenters. The first-order chi connectivity index (χ1) is 28.6. The second-order valence-corrected chi connectivity index (χ2v) is 17.4. The molecule has 12 rings (SSSR count). The number of hydrogen-bond acceptors (Lipinski definition) is 2. The molecule has 9 aromatic rings. The van der Waals surface area contributed by atoms with Crippen LogP contribution in [0.4, 0.5) is 17.1 Å². The zero-order valence-electron chi connectivity index (χ0n) is 32.4. The molecule has 0 saturated heterocycles. The maximum absolute atomic E-state index is 2.53. The predicted molar refractivity (Wildman–Crippen MR) is 244 cm³/mol. The molecule has 8 aromatic carbocycles. The molecule has 58 heavy (non-hydrogen) atoms. The van der Waals surface area contributed by atoms with E-state index in [0.29, 0.717) is 0 Å². The van der Waals surface area contributed by atoms with Gasteiger partial charge in [-0.3, -0.25) is 0 Å². The third-order valence-corrected chi connectivity index (χ3v) is 14.4. The zero-order valence-corrected chi connectivity index (χ0v) is 33.2. The van der Waals surface area contributed by atoms with Crippen molar-refractivity contribution in [3.05, 3.63) is 234 Å². The molecule has 0 radical (unpaired) electrons. The molecule has 0 fully saturated rings. The Morgan fingerprint density at radius 3 is 1.52 bits per heavy atom. The summed E-state index contributed by atoms with van der Waals surface area (Å²) < 4.78 is 0. The molecule has 2 heteroatoms. The van der Waals surface area contributed by atoms with Gasteiger partial charge in [-0.1, -0.05) is 184 Å². The molecule has 1 aromatic heterocycles. The lowest BCUT2D eigenvalue weighted by atomic mass is 9.70. The molecule has 1 nitrogen and oxygen atoms in total. The van der Waals surface area contributed by atoms with Crippen LogP contribution in [0.15, 0.2) is 200 Å². The van der Waals surface area contributed by atoms with Gasteiger partial charge in [0.1, 0.15) is 0 Å². The summed E-state index contributed by atoms with van der Waals surface area (Å²) in [5.74, 6) is 0. The molecule has 1 heterocycles. The smallest absolute Gasteiger partial charge is 0.0740 e. The lowest BCUT2D eigenvalue weighted by molar-refractivity contribution is 0.660. The first-order valence-electron chi connectivity index (χ1n) is 20.3. The Balaban J connectivity index is 1.22. The van der Waals surface area contributed by atoms with Crippen LogP contribution in [-0.4, -0.2) is 0 Å². The van der Waals surface area contributed by atoms with Crippen LogP contribution in [0.5, 0.6) is 0 Å². The summed E-state index contributed by atoms with van der Waals surface area (Å²) in [7, 11) is 0. The highest BCUT2D eigenvalue weighted by Crippen LogP contribution is 2.69. The van der Waals surface area contributed by atoms with Crippen molar-refractivity contribution in [1.82, 2.24) is 0 Å². The second-order valence-electron chi connectivity index (χ2n) is 16.4. The molecule has 0 bridgehead atoms. The Morgan fingerprint density at radius 2 is 0.879 bits per heavy atom. The van der Waals surface area contributed by atoms with E-state index in [1.54, 1.807) is 0 Å². The normalized spacial score (nSPS) is 14.3. The molecule has 0 amide bonds. The number of fused-ring (bicyclic) bond motifs is 13. The minimum absolute atomic E-state index is 0.129. The van der Waals surface area contributed by atoms with Crippen LogP contribution >= 0.6 is 11.3 Å². The quantitative estimate of drug-likeness (QED) is 0.169. The molecule has 0 saturated carbocycles. The molecule has 3 aliphatic rings. The summed E-state index contributed by atoms with van der Waals surface area (Å²) in [4.78, 5) is 5.16. The standard InChI is InChI=1S/C56H39NS/c1-55(2)44-28-15-12-25-40(44)43-34-33-39(35-48(43)55)57(38-23-10-5-11-24-38)49-32-18-31-47-50(49)51-52(56(47)45-29-16-13-26-41(45)42-27-14-17-30-46(42)56)54(37-21-8-4-9-22-37)58-53(51)36-19-6-3-7-20-36/h3-35H,1-2H3. The van der Waals surface area contributed by atoms with E-state index in [9.17, 15) is 0 Å². The average Bonchev–Trinajstić information content (AvgIpc) is 3.98. The van der Waals surface area contributed by atoms with Gasteiger partial charge in [-0.25, -0.2) is 0 Å². The topological polar surface area (TPSA) is 3.24 Å². The molecule has 0 atom stereocenters. The third kappa shape index (κ3) is 4.41. The van der Waals surface area contributed by atoms with Gasteiger partial charge in [-0.15, -0.1) is 11.3 Å². The van der Waals surface area contributed by atoms with Gasteiger partial charge in [0, 0.05) is 37.7 Å². The fraction of sp³-hybridized carbons (Fsp3) is 0.0714. The monoisotopic (exact) mass is 757 g/mol. The average molecular weight is 758 g/mol. The summed E-state index contributed by atoms with van der Waals surface area (Å²) in [6.45, 7) is 4.75. The van der Waals surface area contributed by atoms with Gasteiger partial charge in [0.25, 0.3) is 0 Å². The number of nitrogens with zero attached hydrogens (tertiary/aromatic N) is 1. The highest BCUT2D eigenvalue weighted by Gasteiger charge is 2.55. The number of benzene rings is 8. The summed E-state index contributed by atoms with van der Waals surface area (Å²) >= 11 is 1.94. The van der Waals surface area contributed by atoms with Gasteiger partial charge in [-0.2, -0.15) is 0 Å². The fourth-order valence-corrected chi connectivity index (χ4v) is 12.1. The van der Waals surface area contributed by atoms with Gasteiger partial charge >= 0.3 is 0 Å². The largest absolute Gasteiger partial charge is 0.310 e. The van der Waals surface area contributed by atoms with Crippen LogP contribution in [-0.2, 0) is 10.8 Å². The Morgan fingerprint density at radius 1 is 0.379 bits per heavy atom. The minimum Gasteiger partial charge on any atom is -0.310 e. The van der Waals surface area contributed by atoms with E-state index in [2.05, 4.69) is 219 Å². The van der Waals surface area contributed by atoms with Crippen molar-refractivity contribution < 1.29 is 0 Å². The van der Waals surface area contributed by atoms with E-state index in [1.807, 2.05) is 11.3 Å². The van der Waals surface area contributed by atoms with E-state index in [0.717, 1.165) is 11.4 Å². The fourth-order valence-electron chi connectivity index (χ4n) is 10.7. The predicted octanol–water partition coefficient (Wildman–Crippen LogP) is 15.2. The van der Waals surface area contributed by atoms with E-state index in [1.165, 1.54) is 93.3 Å². The number of anilines is 3. The van der Waals surface area contributed by atoms with Gasteiger partial charge in [0.2, 0.25) is 0 Å². The summed E-state index contributed by atoms with van der Waals surface area (Å²) in [5.41, 5.74) is 21.4. The van der Waals surface area contributed by atoms with E-state index in [4.69, 9.17) is 0 Å². The molecule has 3 aliphatic carbocycles. The Kier molecular flexibility index (Phi) is 7.13. The van der Waals surface area contributed by atoms with E-state index < -0.39 is 5.41 Å². The first kappa shape index (κ1) is 33.4. The number of para-hydroxylation sites is 1. The Bertz CT molecular complexity index is 3040. The summed E-state index contributed by atoms with van der Waals surface area (Å²) in [6.07, 6.45) is 0. The van der Waals surface area contributed by atoms with Crippen molar-refractivity contribution in [3.63, 3.8) is 0 Å². The van der Waals surface area contributed by atoms with Gasteiger partial charge in [0.15, 0.2) is 0 Å². The number of rotatable bonds is 5. The Hall–Kier alpha value is -6.74. The summed E-state index contributed by atoms with van der Waals surface area (Å²) in [5, 5.41) is 0. The first-order valence-corrected chi connectivity index (χ1v) is 21.1. The lowest BCUT2D eigenvalue weighted by Crippen LogP contribution is -2.26. The molecular formula is C56H39NS. The second kappa shape index (κ2) is 12.4. The van der Waals surface area contributed by atoms with Crippen molar-refractivity contribution in [2.24, 2.45) is 0 Å². The van der Waals surface area contributed by atoms with Crippen molar-refractivity contribution in [2.45, 2.75) is 24.7 Å². The zero-order chi connectivity index (χ0) is 38.6. The third-order valence-electron chi connectivity index (χ3n) is 13.1. The van der Waals surface area contributed by atoms with Crippen molar-refractivity contribution >= 4 is 28.4 Å². The number of hydrogen-bond donors (Lipinski definition) is 0. The molecule has 0 aliphatic heterocycles. The molecule has 0 N–H and O–H groups in total. The van der Waals surface area contributed by atoms with Crippen molar-refractivity contribution in [1.29, 1.82) is 0 Å². The Labute approximate surface area is 344 Å². The van der Waals surface area contributed by atoms with Crippen LogP contribution in [0.3, 0.4) is 0 Å². The molecular weight excluding hydrogens is 719 g/mol. The van der Waals surface area contributed by atoms with Crippen LogP contribution in [0.2, 0.25) is 0 Å². The lowest BCUT2D eigenvalue weighted by Gasteiger charge is -2.33. The van der Waals surface area contributed by atoms with Crippen LogP contribution in [0.1, 0.15) is 47.2 Å². The maximum atomic E-state index is 2.53. The minimum atomic E-state index is -0.521. The van der Waals surface area contributed by atoms with Crippen molar-refractivity contribution in [2.75, 3.05) is 4.90 Å². The number of thiophene rings is 1. The highest BCUT2D eigenvalue weighted by atomic mass is 32.1. The van der Waals surface area contributed by atoms with Crippen molar-refractivity contribution in [3.8, 4) is 54.3 Å².